The molecule has 0 aliphatic carbocycles. The summed E-state index contributed by atoms with van der Waals surface area (Å²) in [7, 11) is 0. The van der Waals surface area contributed by atoms with E-state index in [1.807, 2.05) is 36.7 Å². The van der Waals surface area contributed by atoms with Crippen LogP contribution < -0.4 is 0 Å². The third kappa shape index (κ3) is 3.30. The first-order chi connectivity index (χ1) is 14.1. The summed E-state index contributed by atoms with van der Waals surface area (Å²) in [5.74, 6) is -0.228. The smallest absolute Gasteiger partial charge is 0.123 e. The summed E-state index contributed by atoms with van der Waals surface area (Å²) < 4.78 is 13.5. The van der Waals surface area contributed by atoms with E-state index in [1.54, 1.807) is 0 Å². The molecule has 2 atom stereocenters. The molecule has 3 nitrogen and oxygen atoms in total. The van der Waals surface area contributed by atoms with Crippen molar-refractivity contribution in [3.05, 3.63) is 71.9 Å². The van der Waals surface area contributed by atoms with E-state index in [1.165, 1.54) is 28.8 Å². The highest BCUT2D eigenvalue weighted by atomic mass is 35.5. The van der Waals surface area contributed by atoms with Crippen molar-refractivity contribution in [3.8, 4) is 22.4 Å². The van der Waals surface area contributed by atoms with Crippen molar-refractivity contribution >= 4 is 17.2 Å². The maximum absolute atomic E-state index is 13.5. The number of alkyl halides is 1. The number of rotatable bonds is 3. The van der Waals surface area contributed by atoms with Crippen molar-refractivity contribution in [1.82, 2.24) is 14.9 Å². The first-order valence-electron chi connectivity index (χ1n) is 10.1. The molecule has 2 aromatic heterocycles. The van der Waals surface area contributed by atoms with Gasteiger partial charge in [0.1, 0.15) is 5.82 Å². The molecule has 0 radical (unpaired) electrons. The molecule has 3 aromatic rings. The molecule has 148 valence electrons. The predicted octanol–water partition coefficient (Wildman–Crippen LogP) is 5.74. The average molecular weight is 408 g/mol. The van der Waals surface area contributed by atoms with Crippen LogP contribution in [0.1, 0.15) is 25.3 Å². The highest BCUT2D eigenvalue weighted by molar-refractivity contribution is 6.21. The highest BCUT2D eigenvalue weighted by Crippen LogP contribution is 2.43. The van der Waals surface area contributed by atoms with Gasteiger partial charge in [0.15, 0.2) is 0 Å². The van der Waals surface area contributed by atoms with E-state index < -0.39 is 0 Å². The van der Waals surface area contributed by atoms with Gasteiger partial charge in [0.2, 0.25) is 0 Å². The number of aromatic amines is 1. The zero-order chi connectivity index (χ0) is 20.0. The monoisotopic (exact) mass is 407 g/mol. The molecule has 1 fully saturated rings. The minimum absolute atomic E-state index is 0.228. The molecule has 1 aromatic carbocycles. The van der Waals surface area contributed by atoms with Crippen LogP contribution in [0.2, 0.25) is 0 Å². The van der Waals surface area contributed by atoms with Crippen LogP contribution in [0, 0.1) is 5.82 Å². The molecular weight excluding hydrogens is 385 g/mol. The summed E-state index contributed by atoms with van der Waals surface area (Å²) in [4.78, 5) is 10.2. The normalized spacial score (nSPS) is 22.2. The molecule has 0 saturated carbocycles. The predicted molar refractivity (Wildman–Crippen MR) is 116 cm³/mol. The van der Waals surface area contributed by atoms with E-state index in [0.717, 1.165) is 48.3 Å². The fourth-order valence-corrected chi connectivity index (χ4v) is 5.22. The molecular formula is C24H23ClFN3. The van der Waals surface area contributed by atoms with E-state index in [0.29, 0.717) is 6.04 Å². The van der Waals surface area contributed by atoms with E-state index in [-0.39, 0.29) is 11.2 Å². The fraction of sp³-hybridized carbons (Fsp3) is 0.292. The lowest BCUT2D eigenvalue weighted by Gasteiger charge is -2.32. The Morgan fingerprint density at radius 1 is 1.10 bits per heavy atom. The van der Waals surface area contributed by atoms with Gasteiger partial charge in [-0.2, -0.15) is 0 Å². The lowest BCUT2D eigenvalue weighted by Crippen LogP contribution is -2.35. The molecule has 5 rings (SSSR count). The number of nitrogens with one attached hydrogen (secondary N) is 1. The van der Waals surface area contributed by atoms with Gasteiger partial charge in [-0.1, -0.05) is 5.57 Å². The number of pyridine rings is 1. The summed E-state index contributed by atoms with van der Waals surface area (Å²) in [5, 5.41) is 0.231. The highest BCUT2D eigenvalue weighted by Gasteiger charge is 2.36. The van der Waals surface area contributed by atoms with Crippen LogP contribution in [0.5, 0.6) is 0 Å². The molecule has 5 heteroatoms. The molecule has 0 amide bonds. The van der Waals surface area contributed by atoms with E-state index in [2.05, 4.69) is 28.0 Å². The number of benzene rings is 1. The Balaban J connectivity index is 1.67. The SMILES string of the molecule is CC1=C(c2c[nH]c(-c3ccc(F)cc3)c2-c2ccncc2)CCN2CC(Cl)CC12. The number of nitrogens with zero attached hydrogens (tertiary/aromatic N) is 2. The van der Waals surface area contributed by atoms with Crippen molar-refractivity contribution < 1.29 is 4.39 Å². The number of H-pyrrole nitrogens is 1. The number of halogens is 2. The van der Waals surface area contributed by atoms with Gasteiger partial charge in [-0.15, -0.1) is 11.6 Å². The molecule has 0 spiro atoms. The quantitative estimate of drug-likeness (QED) is 0.561. The van der Waals surface area contributed by atoms with Gasteiger partial charge in [-0.3, -0.25) is 9.88 Å². The summed E-state index contributed by atoms with van der Waals surface area (Å²) in [5.41, 5.74) is 8.29. The van der Waals surface area contributed by atoms with Crippen LogP contribution in [-0.2, 0) is 0 Å². The summed E-state index contributed by atoms with van der Waals surface area (Å²) in [6, 6.07) is 11.2. The third-order valence-corrected chi connectivity index (χ3v) is 6.60. The molecule has 2 aliphatic rings. The first kappa shape index (κ1) is 18.6. The zero-order valence-electron chi connectivity index (χ0n) is 16.3. The van der Waals surface area contributed by atoms with Gasteiger partial charge in [-0.05, 0) is 72.9 Å². The van der Waals surface area contributed by atoms with Gasteiger partial charge < -0.3 is 4.98 Å². The van der Waals surface area contributed by atoms with Gasteiger partial charge in [-0.25, -0.2) is 4.39 Å². The number of aromatic nitrogens is 2. The van der Waals surface area contributed by atoms with E-state index >= 15 is 0 Å². The van der Waals surface area contributed by atoms with Crippen LogP contribution in [0.3, 0.4) is 0 Å². The van der Waals surface area contributed by atoms with Crippen LogP contribution in [-0.4, -0.2) is 39.4 Å². The number of hydrogen-bond donors (Lipinski definition) is 1. The third-order valence-electron chi connectivity index (χ3n) is 6.28. The van der Waals surface area contributed by atoms with Crippen molar-refractivity contribution in [2.45, 2.75) is 31.2 Å². The summed E-state index contributed by atoms with van der Waals surface area (Å²) in [6.45, 7) is 4.26. The minimum atomic E-state index is -0.228. The summed E-state index contributed by atoms with van der Waals surface area (Å²) in [6.07, 6.45) is 7.76. The number of fused-ring (bicyclic) bond motifs is 1. The van der Waals surface area contributed by atoms with Crippen LogP contribution in [0.25, 0.3) is 28.0 Å². The molecule has 1 N–H and O–H groups in total. The molecule has 29 heavy (non-hydrogen) atoms. The van der Waals surface area contributed by atoms with Crippen molar-refractivity contribution in [3.63, 3.8) is 0 Å². The van der Waals surface area contributed by atoms with Crippen LogP contribution in [0.4, 0.5) is 4.39 Å². The second-order valence-electron chi connectivity index (χ2n) is 7.95. The van der Waals surface area contributed by atoms with Crippen molar-refractivity contribution in [2.24, 2.45) is 0 Å². The maximum atomic E-state index is 13.5. The zero-order valence-corrected chi connectivity index (χ0v) is 17.1. The van der Waals surface area contributed by atoms with Crippen molar-refractivity contribution in [2.75, 3.05) is 13.1 Å². The van der Waals surface area contributed by atoms with E-state index in [9.17, 15) is 4.39 Å². The molecule has 2 unspecified atom stereocenters. The average Bonchev–Trinajstić information content (AvgIpc) is 3.33. The fourth-order valence-electron chi connectivity index (χ4n) is 4.87. The Morgan fingerprint density at radius 2 is 1.86 bits per heavy atom. The topological polar surface area (TPSA) is 31.9 Å². The Labute approximate surface area is 175 Å². The van der Waals surface area contributed by atoms with Gasteiger partial charge in [0, 0.05) is 54.2 Å². The Hall–Kier alpha value is -2.43. The minimum Gasteiger partial charge on any atom is -0.360 e. The Kier molecular flexibility index (Phi) is 4.76. The molecule has 0 bridgehead atoms. The Morgan fingerprint density at radius 3 is 2.62 bits per heavy atom. The molecule has 4 heterocycles. The Bertz CT molecular complexity index is 1060. The second-order valence-corrected chi connectivity index (χ2v) is 8.57. The number of hydrogen-bond acceptors (Lipinski definition) is 2. The van der Waals surface area contributed by atoms with Crippen LogP contribution in [0.15, 0.2) is 60.6 Å². The van der Waals surface area contributed by atoms with Gasteiger partial charge in [0.25, 0.3) is 0 Å². The standard InChI is InChI=1S/C24H23ClFN3/c1-15-20(8-11-29-14-18(25)12-22(15)29)21-13-28-24(17-2-4-19(26)5-3-17)23(21)16-6-9-27-10-7-16/h2-7,9-10,13,18,22,28H,8,11-12,14H2,1H3. The van der Waals surface area contributed by atoms with Gasteiger partial charge >= 0.3 is 0 Å². The second kappa shape index (κ2) is 7.43. The molecule has 2 aliphatic heterocycles. The molecule has 1 saturated heterocycles. The van der Waals surface area contributed by atoms with Gasteiger partial charge in [0.05, 0.1) is 5.69 Å². The van der Waals surface area contributed by atoms with Crippen LogP contribution >= 0.6 is 11.6 Å². The van der Waals surface area contributed by atoms with Crippen molar-refractivity contribution in [1.29, 1.82) is 0 Å². The lowest BCUT2D eigenvalue weighted by atomic mass is 9.86. The summed E-state index contributed by atoms with van der Waals surface area (Å²) >= 11 is 6.46. The first-order valence-corrected chi connectivity index (χ1v) is 10.5. The maximum Gasteiger partial charge on any atom is 0.123 e. The largest absolute Gasteiger partial charge is 0.360 e. The lowest BCUT2D eigenvalue weighted by molar-refractivity contribution is 0.277. The van der Waals surface area contributed by atoms with E-state index in [4.69, 9.17) is 11.6 Å².